The van der Waals surface area contributed by atoms with Crippen molar-refractivity contribution in [1.82, 2.24) is 24.4 Å². The van der Waals surface area contributed by atoms with Crippen LogP contribution >= 0.6 is 23.2 Å². The third-order valence-corrected chi connectivity index (χ3v) is 12.6. The number of halogens is 2. The summed E-state index contributed by atoms with van der Waals surface area (Å²) in [5.74, 6) is 0.801. The molecule has 1 aliphatic rings. The van der Waals surface area contributed by atoms with Crippen LogP contribution in [0.3, 0.4) is 0 Å². The average molecular weight is 852 g/mol. The van der Waals surface area contributed by atoms with Crippen LogP contribution in [0.25, 0.3) is 38.6 Å². The van der Waals surface area contributed by atoms with Crippen LogP contribution in [0.5, 0.6) is 5.75 Å². The van der Waals surface area contributed by atoms with Gasteiger partial charge in [0.1, 0.15) is 12.0 Å². The molecule has 2 aromatic heterocycles. The van der Waals surface area contributed by atoms with E-state index in [4.69, 9.17) is 32.9 Å². The largest absolute Gasteiger partial charge is 0.494 e. The Labute approximate surface area is 365 Å². The molecule has 6 rings (SSSR count). The Hall–Kier alpha value is -4.87. The van der Waals surface area contributed by atoms with Crippen molar-refractivity contribution >= 4 is 69.3 Å². The predicted octanol–water partition coefficient (Wildman–Crippen LogP) is 9.64. The van der Waals surface area contributed by atoms with E-state index in [0.717, 1.165) is 129 Å². The number of likely N-dealkylation sites (N-methyl/N-ethyl adjacent to an activating group) is 1. The molecule has 0 unspecified atom stereocenters. The van der Waals surface area contributed by atoms with Crippen LogP contribution in [0.4, 0.5) is 0 Å². The summed E-state index contributed by atoms with van der Waals surface area (Å²) >= 11 is 13.9. The van der Waals surface area contributed by atoms with Crippen LogP contribution < -0.4 is 15.1 Å². The minimum Gasteiger partial charge on any atom is -0.494 e. The number of aromatic nitrogens is 2. The smallest absolute Gasteiger partial charge is 0.150 e. The number of carbonyl (C=O) groups is 1. The Kier molecular flexibility index (Phi) is 14.6. The molecule has 0 saturated carbocycles. The van der Waals surface area contributed by atoms with Gasteiger partial charge in [-0.2, -0.15) is 0 Å². The molecule has 60 heavy (non-hydrogen) atoms. The van der Waals surface area contributed by atoms with Crippen LogP contribution in [0.1, 0.15) is 65.8 Å². The van der Waals surface area contributed by atoms with Gasteiger partial charge in [0.05, 0.1) is 34.9 Å². The maximum absolute atomic E-state index is 12.3. The molecule has 3 aromatic carbocycles. The Morgan fingerprint density at radius 2 is 1.75 bits per heavy atom. The lowest BCUT2D eigenvalue weighted by Crippen LogP contribution is -2.45. The quantitative estimate of drug-likeness (QED) is 0.0538. The van der Waals surface area contributed by atoms with Gasteiger partial charge in [0.2, 0.25) is 0 Å². The Morgan fingerprint density at radius 1 is 1.03 bits per heavy atom. The van der Waals surface area contributed by atoms with Crippen LogP contribution in [0.15, 0.2) is 77.1 Å². The minimum atomic E-state index is -0.0810. The van der Waals surface area contributed by atoms with Crippen molar-refractivity contribution in [2.24, 2.45) is 9.98 Å². The van der Waals surface area contributed by atoms with E-state index in [2.05, 4.69) is 80.8 Å². The van der Waals surface area contributed by atoms with Crippen LogP contribution in [0.2, 0.25) is 10.0 Å². The molecule has 1 atom stereocenters. The van der Waals surface area contributed by atoms with Gasteiger partial charge in [-0.25, -0.2) is 0 Å². The number of rotatable bonds is 18. The summed E-state index contributed by atoms with van der Waals surface area (Å²) in [7, 11) is 6.22. The Bertz CT molecular complexity index is 2430. The zero-order valence-corrected chi connectivity index (χ0v) is 38.1. The molecule has 0 aliphatic carbocycles. The van der Waals surface area contributed by atoms with Gasteiger partial charge < -0.3 is 24.5 Å². The van der Waals surface area contributed by atoms with E-state index < -0.39 is 0 Å². The number of carbonyl (C=O) groups excluding carboxylic acids is 1. The van der Waals surface area contributed by atoms with Gasteiger partial charge in [-0.3, -0.25) is 24.4 Å². The van der Waals surface area contributed by atoms with Gasteiger partial charge in [0.15, 0.2) is 0 Å². The van der Waals surface area contributed by atoms with E-state index in [1.165, 1.54) is 0 Å². The number of nitrogens with one attached hydrogen (secondary N) is 1. The number of nitrogens with zero attached hydrogens (tertiary/aromatic N) is 7. The molecule has 0 bridgehead atoms. The lowest BCUT2D eigenvalue weighted by Gasteiger charge is -2.31. The number of hydrogen-bond acceptors (Lipinski definition) is 8. The number of fused-ring (bicyclic) bond motifs is 2. The highest BCUT2D eigenvalue weighted by molar-refractivity contribution is 6.38. The second kappa shape index (κ2) is 19.7. The van der Waals surface area contributed by atoms with Crippen LogP contribution in [-0.2, 0) is 6.42 Å². The maximum Gasteiger partial charge on any atom is 0.150 e. The van der Waals surface area contributed by atoms with E-state index in [0.29, 0.717) is 36.7 Å². The summed E-state index contributed by atoms with van der Waals surface area (Å²) in [6, 6.07) is 13.9. The molecule has 1 N–H and O–H groups in total. The molecular weight excluding hydrogens is 791 g/mol. The average Bonchev–Trinajstić information content (AvgIpc) is 3.77. The molecule has 0 spiro atoms. The van der Waals surface area contributed by atoms with Gasteiger partial charge in [0, 0.05) is 115 Å². The standard InChI is InChI=1S/C48H60Cl2N8O2/c1-11-52-28-33(4)58-47(41-29-57(54(8)9)43-17-14-36(30-59)27-40(41)43)38(13-12-24-60-37-25-31(2)46(50)32(3)26-37)39-15-16-42(49)45(48(39)58)44(34(5)51-7)35(6)53-18-19-56-22-20-55(10)21-23-56/h11,14-17,25-27,29-30,33,52H,1,7,12-13,18-24,28H2,2-6,8-10H3/b44-34+,53-35?/t33-/m1/s1. The molecular formula is C48H60Cl2N8O2. The molecule has 318 valence electrons. The number of allylic oxidation sites excluding steroid dienone is 2. The molecule has 1 aliphatic heterocycles. The molecule has 10 nitrogen and oxygen atoms in total. The first-order chi connectivity index (χ1) is 28.8. The SMILES string of the molecule is C=CNC[C@@H](C)n1c(-c2cn(N(C)C)c3ccc(C=O)cc23)c(CCCOc2cc(C)c(Cl)c(C)c2)c2ccc(Cl)c(/C(C(C)=NCCN3CCN(C)CC3)=C(\C)N=C)c21. The van der Waals surface area contributed by atoms with Crippen molar-refractivity contribution in [2.75, 3.05) is 78.6 Å². The number of hydrogen-bond donors (Lipinski definition) is 1. The summed E-state index contributed by atoms with van der Waals surface area (Å²) in [5, 5.41) is 8.85. The highest BCUT2D eigenvalue weighted by Gasteiger charge is 2.29. The van der Waals surface area contributed by atoms with E-state index in [9.17, 15) is 4.79 Å². The molecule has 0 radical (unpaired) electrons. The van der Waals surface area contributed by atoms with Crippen molar-refractivity contribution in [3.8, 4) is 17.0 Å². The molecule has 0 amide bonds. The maximum atomic E-state index is 12.3. The van der Waals surface area contributed by atoms with Crippen molar-refractivity contribution in [3.63, 3.8) is 0 Å². The van der Waals surface area contributed by atoms with E-state index in [-0.39, 0.29) is 6.04 Å². The fraction of sp³-hybridized carbons (Fsp3) is 0.396. The number of aryl methyl sites for hydroxylation is 3. The second-order valence-electron chi connectivity index (χ2n) is 16.2. The number of benzene rings is 3. The first kappa shape index (κ1) is 44.7. The zero-order valence-electron chi connectivity index (χ0n) is 36.5. The third kappa shape index (κ3) is 9.37. The summed E-state index contributed by atoms with van der Waals surface area (Å²) in [5.41, 5.74) is 11.1. The topological polar surface area (TPSA) is 82.6 Å². The Balaban J connectivity index is 1.59. The van der Waals surface area contributed by atoms with Gasteiger partial charge in [0.25, 0.3) is 0 Å². The summed E-state index contributed by atoms with van der Waals surface area (Å²) in [4.78, 5) is 26.8. The van der Waals surface area contributed by atoms with Gasteiger partial charge in [-0.05, 0) is 121 Å². The summed E-state index contributed by atoms with van der Waals surface area (Å²) < 4.78 is 10.9. The fourth-order valence-electron chi connectivity index (χ4n) is 8.48. The third-order valence-electron chi connectivity index (χ3n) is 11.7. The summed E-state index contributed by atoms with van der Waals surface area (Å²) in [6.45, 7) is 25.0. The lowest BCUT2D eigenvalue weighted by molar-refractivity contribution is 0.112. The first-order valence-electron chi connectivity index (χ1n) is 20.8. The van der Waals surface area contributed by atoms with Crippen molar-refractivity contribution in [3.05, 3.63) is 105 Å². The fourth-order valence-corrected chi connectivity index (χ4v) is 8.83. The Morgan fingerprint density at radius 3 is 2.40 bits per heavy atom. The van der Waals surface area contributed by atoms with Crippen molar-refractivity contribution < 1.29 is 9.53 Å². The van der Waals surface area contributed by atoms with Gasteiger partial charge >= 0.3 is 0 Å². The minimum absolute atomic E-state index is 0.0810. The first-order valence-corrected chi connectivity index (χ1v) is 21.5. The number of piperazine rings is 1. The molecule has 3 heterocycles. The van der Waals surface area contributed by atoms with E-state index >= 15 is 0 Å². The van der Waals surface area contributed by atoms with E-state index in [1.807, 2.05) is 71.3 Å². The van der Waals surface area contributed by atoms with Gasteiger partial charge in [-0.1, -0.05) is 35.8 Å². The number of aldehydes is 1. The number of ether oxygens (including phenoxy) is 1. The molecule has 5 aromatic rings. The second-order valence-corrected chi connectivity index (χ2v) is 16.9. The highest BCUT2D eigenvalue weighted by atomic mass is 35.5. The molecule has 12 heteroatoms. The summed E-state index contributed by atoms with van der Waals surface area (Å²) in [6.07, 6.45) is 6.25. The zero-order chi connectivity index (χ0) is 43.2. The normalized spacial score (nSPS) is 15.0. The van der Waals surface area contributed by atoms with Crippen LogP contribution in [0, 0.1) is 13.8 Å². The van der Waals surface area contributed by atoms with Crippen molar-refractivity contribution in [1.29, 1.82) is 0 Å². The highest BCUT2D eigenvalue weighted by Crippen LogP contribution is 2.46. The lowest BCUT2D eigenvalue weighted by atomic mass is 9.95. The predicted molar refractivity (Wildman–Crippen MR) is 255 cm³/mol. The monoisotopic (exact) mass is 850 g/mol. The number of aliphatic imine (C=N–C) groups is 2. The van der Waals surface area contributed by atoms with E-state index in [1.54, 1.807) is 6.20 Å². The van der Waals surface area contributed by atoms with Crippen LogP contribution in [-0.4, -0.2) is 111 Å². The molecule has 1 saturated heterocycles. The van der Waals surface area contributed by atoms with Gasteiger partial charge in [-0.15, -0.1) is 0 Å². The molecule has 1 fully saturated rings. The van der Waals surface area contributed by atoms with Crippen molar-refractivity contribution in [2.45, 2.75) is 53.5 Å².